The number of para-hydroxylation sites is 1. The predicted molar refractivity (Wildman–Crippen MR) is 80.1 cm³/mol. The van der Waals surface area contributed by atoms with Crippen LogP contribution in [0.1, 0.15) is 13.8 Å². The number of nitrogens with one attached hydrogen (secondary N) is 2. The standard InChI is InChI=1S/C12H20N2O4S2/c1-12(2,14-20(4,17)18)9-13-10-7-5-6-8-11(10)19(3,15)16/h5-8,13-14H,9H2,1-4H3. The fraction of sp³-hybridized carbons (Fsp3) is 0.500. The van der Waals surface area contributed by atoms with Gasteiger partial charge in [0, 0.05) is 18.3 Å². The Morgan fingerprint density at radius 3 is 2.10 bits per heavy atom. The normalized spacial score (nSPS) is 13.2. The van der Waals surface area contributed by atoms with E-state index in [4.69, 9.17) is 0 Å². The third kappa shape index (κ3) is 5.48. The molecule has 6 nitrogen and oxygen atoms in total. The summed E-state index contributed by atoms with van der Waals surface area (Å²) in [5, 5.41) is 2.98. The van der Waals surface area contributed by atoms with Crippen molar-refractivity contribution in [1.82, 2.24) is 4.72 Å². The molecule has 1 aromatic carbocycles. The van der Waals surface area contributed by atoms with E-state index in [0.717, 1.165) is 12.5 Å². The van der Waals surface area contributed by atoms with Gasteiger partial charge in [-0.15, -0.1) is 0 Å². The Labute approximate surface area is 120 Å². The lowest BCUT2D eigenvalue weighted by Gasteiger charge is -2.26. The number of rotatable bonds is 6. The minimum Gasteiger partial charge on any atom is -0.382 e. The van der Waals surface area contributed by atoms with Crippen molar-refractivity contribution in [3.8, 4) is 0 Å². The average Bonchev–Trinajstić information content (AvgIpc) is 2.22. The molecule has 1 rings (SSSR count). The van der Waals surface area contributed by atoms with Crippen LogP contribution in [0.5, 0.6) is 0 Å². The van der Waals surface area contributed by atoms with Gasteiger partial charge in [0.1, 0.15) is 0 Å². The van der Waals surface area contributed by atoms with Crippen molar-refractivity contribution in [2.45, 2.75) is 24.3 Å². The predicted octanol–water partition coefficient (Wildman–Crippen LogP) is 0.830. The van der Waals surface area contributed by atoms with E-state index in [1.807, 2.05) is 0 Å². The zero-order chi connectivity index (χ0) is 15.6. The van der Waals surface area contributed by atoms with Gasteiger partial charge < -0.3 is 5.32 Å². The average molecular weight is 320 g/mol. The summed E-state index contributed by atoms with van der Waals surface area (Å²) < 4.78 is 48.3. The van der Waals surface area contributed by atoms with Crippen LogP contribution >= 0.6 is 0 Å². The molecule has 0 bridgehead atoms. The molecule has 114 valence electrons. The largest absolute Gasteiger partial charge is 0.382 e. The molecule has 0 aliphatic heterocycles. The summed E-state index contributed by atoms with van der Waals surface area (Å²) in [5.74, 6) is 0. The molecule has 0 aliphatic rings. The molecule has 8 heteroatoms. The lowest BCUT2D eigenvalue weighted by molar-refractivity contribution is 0.476. The van der Waals surface area contributed by atoms with E-state index in [-0.39, 0.29) is 11.4 Å². The molecule has 0 heterocycles. The van der Waals surface area contributed by atoms with Crippen molar-refractivity contribution in [1.29, 1.82) is 0 Å². The number of sulfonamides is 1. The molecular formula is C12H20N2O4S2. The molecule has 0 amide bonds. The van der Waals surface area contributed by atoms with Gasteiger partial charge in [0.15, 0.2) is 9.84 Å². The van der Waals surface area contributed by atoms with Crippen molar-refractivity contribution < 1.29 is 16.8 Å². The van der Waals surface area contributed by atoms with Gasteiger partial charge in [-0.3, -0.25) is 0 Å². The van der Waals surface area contributed by atoms with Crippen LogP contribution in [-0.4, -0.2) is 41.4 Å². The molecule has 0 aromatic heterocycles. The van der Waals surface area contributed by atoms with E-state index in [1.165, 1.54) is 6.07 Å². The topological polar surface area (TPSA) is 92.3 Å². The molecule has 0 atom stereocenters. The molecule has 2 N–H and O–H groups in total. The zero-order valence-corrected chi connectivity index (χ0v) is 13.6. The maximum atomic E-state index is 11.7. The highest BCUT2D eigenvalue weighted by Gasteiger charge is 2.22. The lowest BCUT2D eigenvalue weighted by Crippen LogP contribution is -2.47. The van der Waals surface area contributed by atoms with Crippen LogP contribution in [0.25, 0.3) is 0 Å². The fourth-order valence-electron chi connectivity index (χ4n) is 1.79. The van der Waals surface area contributed by atoms with Crippen LogP contribution in [0.2, 0.25) is 0 Å². The van der Waals surface area contributed by atoms with Crippen LogP contribution < -0.4 is 10.0 Å². The summed E-state index contributed by atoms with van der Waals surface area (Å²) in [5.41, 5.74) is -0.281. The van der Waals surface area contributed by atoms with Gasteiger partial charge >= 0.3 is 0 Å². The van der Waals surface area contributed by atoms with Crippen molar-refractivity contribution in [3.05, 3.63) is 24.3 Å². The molecule has 0 fully saturated rings. The molecule has 20 heavy (non-hydrogen) atoms. The number of hydrogen-bond acceptors (Lipinski definition) is 5. The van der Waals surface area contributed by atoms with Gasteiger partial charge in [-0.25, -0.2) is 21.6 Å². The molecule has 0 saturated carbocycles. The van der Waals surface area contributed by atoms with Crippen LogP contribution in [0.4, 0.5) is 5.69 Å². The Morgan fingerprint density at radius 2 is 1.60 bits per heavy atom. The van der Waals surface area contributed by atoms with Crippen LogP contribution in [0.3, 0.4) is 0 Å². The van der Waals surface area contributed by atoms with Gasteiger partial charge in [0.05, 0.1) is 16.8 Å². The van der Waals surface area contributed by atoms with E-state index in [1.54, 1.807) is 32.0 Å². The van der Waals surface area contributed by atoms with E-state index < -0.39 is 25.4 Å². The highest BCUT2D eigenvalue weighted by atomic mass is 32.2. The Bertz CT molecular complexity index is 679. The Balaban J connectivity index is 2.91. The summed E-state index contributed by atoms with van der Waals surface area (Å²) >= 11 is 0. The van der Waals surface area contributed by atoms with Crippen molar-refractivity contribution in [2.75, 3.05) is 24.4 Å². The van der Waals surface area contributed by atoms with E-state index in [2.05, 4.69) is 10.0 Å². The quantitative estimate of drug-likeness (QED) is 0.810. The molecule has 0 radical (unpaired) electrons. The highest BCUT2D eigenvalue weighted by molar-refractivity contribution is 7.90. The summed E-state index contributed by atoms with van der Waals surface area (Å²) in [6.45, 7) is 3.68. The molecule has 0 saturated heterocycles. The van der Waals surface area contributed by atoms with Gasteiger partial charge in [0.2, 0.25) is 10.0 Å². The van der Waals surface area contributed by atoms with Crippen LogP contribution in [0.15, 0.2) is 29.2 Å². The van der Waals surface area contributed by atoms with Crippen molar-refractivity contribution in [3.63, 3.8) is 0 Å². The third-order valence-corrected chi connectivity index (χ3v) is 4.55. The molecule has 1 aromatic rings. The van der Waals surface area contributed by atoms with Gasteiger partial charge in [-0.1, -0.05) is 12.1 Å². The number of sulfone groups is 1. The van der Waals surface area contributed by atoms with E-state index in [9.17, 15) is 16.8 Å². The SMILES string of the molecule is CC(C)(CNc1ccccc1S(C)(=O)=O)NS(C)(=O)=O. The minimum atomic E-state index is -3.34. The molecule has 0 unspecified atom stereocenters. The minimum absolute atomic E-state index is 0.190. The summed E-state index contributed by atoms with van der Waals surface area (Å²) in [6.07, 6.45) is 2.21. The van der Waals surface area contributed by atoms with Gasteiger partial charge in [-0.05, 0) is 26.0 Å². The first-order valence-corrected chi connectivity index (χ1v) is 9.71. The second kappa shape index (κ2) is 5.71. The second-order valence-electron chi connectivity index (χ2n) is 5.38. The van der Waals surface area contributed by atoms with Gasteiger partial charge in [0.25, 0.3) is 0 Å². The fourth-order valence-corrected chi connectivity index (χ4v) is 3.73. The monoisotopic (exact) mass is 320 g/mol. The molecule has 0 aliphatic carbocycles. The third-order valence-electron chi connectivity index (χ3n) is 2.47. The van der Waals surface area contributed by atoms with E-state index >= 15 is 0 Å². The first kappa shape index (κ1) is 16.9. The molecular weight excluding hydrogens is 300 g/mol. The maximum Gasteiger partial charge on any atom is 0.209 e. The van der Waals surface area contributed by atoms with Crippen molar-refractivity contribution >= 4 is 25.5 Å². The number of hydrogen-bond donors (Lipinski definition) is 2. The van der Waals surface area contributed by atoms with Crippen LogP contribution in [0, 0.1) is 0 Å². The second-order valence-corrected chi connectivity index (χ2v) is 9.11. The molecule has 0 spiro atoms. The summed E-state index contributed by atoms with van der Waals surface area (Å²) in [7, 11) is -6.67. The number of benzene rings is 1. The summed E-state index contributed by atoms with van der Waals surface area (Å²) in [4.78, 5) is 0.190. The zero-order valence-electron chi connectivity index (χ0n) is 12.0. The Morgan fingerprint density at radius 1 is 1.05 bits per heavy atom. The highest BCUT2D eigenvalue weighted by Crippen LogP contribution is 2.21. The smallest absolute Gasteiger partial charge is 0.209 e. The number of anilines is 1. The lowest BCUT2D eigenvalue weighted by atomic mass is 10.1. The van der Waals surface area contributed by atoms with Crippen LogP contribution in [-0.2, 0) is 19.9 Å². The first-order chi connectivity index (χ1) is 8.91. The summed E-state index contributed by atoms with van der Waals surface area (Å²) in [6, 6.07) is 6.51. The van der Waals surface area contributed by atoms with E-state index in [0.29, 0.717) is 5.69 Å². The van der Waals surface area contributed by atoms with Gasteiger partial charge in [-0.2, -0.15) is 0 Å². The Kier molecular flexibility index (Phi) is 4.83. The van der Waals surface area contributed by atoms with Crippen molar-refractivity contribution in [2.24, 2.45) is 0 Å². The first-order valence-electron chi connectivity index (χ1n) is 5.93. The maximum absolute atomic E-state index is 11.7. The Hall–Kier alpha value is -1.12.